The smallest absolute Gasteiger partial charge is 0.0642 e. The number of hydrogen-bond donors (Lipinski definition) is 1. The first-order valence-electron chi connectivity index (χ1n) is 7.10. The number of halogens is 1. The minimum atomic E-state index is 0.607. The third-order valence-electron chi connectivity index (χ3n) is 4.05. The van der Waals surface area contributed by atoms with E-state index in [2.05, 4.69) is 29.8 Å². The highest BCUT2D eigenvalue weighted by Crippen LogP contribution is 2.32. The van der Waals surface area contributed by atoms with E-state index in [1.54, 1.807) is 0 Å². The number of hydrogen-bond acceptors (Lipinski definition) is 3. The summed E-state index contributed by atoms with van der Waals surface area (Å²) in [6.45, 7) is 6.09. The summed E-state index contributed by atoms with van der Waals surface area (Å²) in [5.74, 6) is 0. The molecule has 0 bridgehead atoms. The Morgan fingerprint density at radius 1 is 1.37 bits per heavy atom. The van der Waals surface area contributed by atoms with Crippen LogP contribution in [0.3, 0.4) is 0 Å². The predicted molar refractivity (Wildman–Crippen MR) is 83.1 cm³/mol. The number of nitrogens with zero attached hydrogens (tertiary/aromatic N) is 2. The van der Waals surface area contributed by atoms with Gasteiger partial charge in [-0.2, -0.15) is 0 Å². The van der Waals surface area contributed by atoms with Crippen LogP contribution in [-0.4, -0.2) is 44.2 Å². The normalized spacial score (nSPS) is 20.8. The Kier molecular flexibility index (Phi) is 5.08. The van der Waals surface area contributed by atoms with Crippen LogP contribution in [0.5, 0.6) is 0 Å². The lowest BCUT2D eigenvalue weighted by molar-refractivity contribution is 0.213. The van der Waals surface area contributed by atoms with Gasteiger partial charge < -0.3 is 10.6 Å². The van der Waals surface area contributed by atoms with E-state index < -0.39 is 0 Å². The monoisotopic (exact) mass is 281 g/mol. The number of likely N-dealkylation sites (N-methyl/N-ethyl adjacent to an activating group) is 1. The highest BCUT2D eigenvalue weighted by molar-refractivity contribution is 6.33. The lowest BCUT2D eigenvalue weighted by Gasteiger charge is -2.41. The van der Waals surface area contributed by atoms with Crippen molar-refractivity contribution in [2.24, 2.45) is 5.73 Å². The number of benzene rings is 1. The molecule has 1 aromatic carbocycles. The van der Waals surface area contributed by atoms with E-state index in [1.165, 1.54) is 17.7 Å². The van der Waals surface area contributed by atoms with Crippen molar-refractivity contribution in [2.75, 3.05) is 38.1 Å². The molecule has 0 saturated carbocycles. The maximum atomic E-state index is 6.43. The van der Waals surface area contributed by atoms with Gasteiger partial charge in [0.25, 0.3) is 0 Å². The van der Waals surface area contributed by atoms with Crippen molar-refractivity contribution < 1.29 is 0 Å². The molecule has 2 rings (SSSR count). The van der Waals surface area contributed by atoms with Crippen molar-refractivity contribution >= 4 is 17.3 Å². The topological polar surface area (TPSA) is 32.5 Å². The summed E-state index contributed by atoms with van der Waals surface area (Å²) < 4.78 is 0. The van der Waals surface area contributed by atoms with Gasteiger partial charge in [0.1, 0.15) is 0 Å². The molecule has 3 nitrogen and oxygen atoms in total. The summed E-state index contributed by atoms with van der Waals surface area (Å²) in [6.07, 6.45) is 2.06. The highest BCUT2D eigenvalue weighted by Gasteiger charge is 2.25. The van der Waals surface area contributed by atoms with Crippen LogP contribution in [0.4, 0.5) is 5.69 Å². The fourth-order valence-electron chi connectivity index (χ4n) is 2.86. The lowest BCUT2D eigenvalue weighted by atomic mass is 10.0. The van der Waals surface area contributed by atoms with Gasteiger partial charge in [-0.15, -0.1) is 0 Å². The second-order valence-corrected chi connectivity index (χ2v) is 5.68. The molecule has 1 heterocycles. The molecule has 1 aromatic rings. The Balaban J connectivity index is 2.26. The van der Waals surface area contributed by atoms with Crippen LogP contribution in [-0.2, 0) is 6.42 Å². The first kappa shape index (κ1) is 14.6. The van der Waals surface area contributed by atoms with Gasteiger partial charge in [-0.25, -0.2) is 0 Å². The molecule has 0 amide bonds. The van der Waals surface area contributed by atoms with E-state index in [-0.39, 0.29) is 0 Å². The standard InChI is InChI=1S/C15H24ClN3/c1-3-13-11-19(10-9-18(13)2)15-12(7-8-17)5-4-6-14(15)16/h4-6,13H,3,7-11,17H2,1-2H3. The van der Waals surface area contributed by atoms with E-state index in [1.807, 2.05) is 12.1 Å². The van der Waals surface area contributed by atoms with Gasteiger partial charge in [-0.3, -0.25) is 4.90 Å². The Bertz CT molecular complexity index is 422. The molecule has 106 valence electrons. The molecule has 1 saturated heterocycles. The van der Waals surface area contributed by atoms with Crippen LogP contribution in [0.2, 0.25) is 5.02 Å². The van der Waals surface area contributed by atoms with Gasteiger partial charge in [0.2, 0.25) is 0 Å². The Labute approximate surface area is 121 Å². The van der Waals surface area contributed by atoms with Crippen molar-refractivity contribution in [1.29, 1.82) is 0 Å². The van der Waals surface area contributed by atoms with Crippen LogP contribution in [0.1, 0.15) is 18.9 Å². The molecule has 19 heavy (non-hydrogen) atoms. The summed E-state index contributed by atoms with van der Waals surface area (Å²) >= 11 is 6.43. The molecule has 1 aliphatic rings. The van der Waals surface area contributed by atoms with Crippen molar-refractivity contribution in [2.45, 2.75) is 25.8 Å². The zero-order valence-electron chi connectivity index (χ0n) is 11.9. The number of anilines is 1. The summed E-state index contributed by atoms with van der Waals surface area (Å²) in [5, 5.41) is 0.852. The Morgan fingerprint density at radius 2 is 2.16 bits per heavy atom. The summed E-state index contributed by atoms with van der Waals surface area (Å²) in [4.78, 5) is 4.87. The molecule has 0 aromatic heterocycles. The molecular formula is C15H24ClN3. The van der Waals surface area contributed by atoms with Gasteiger partial charge in [0.05, 0.1) is 10.7 Å². The zero-order chi connectivity index (χ0) is 13.8. The molecule has 0 radical (unpaired) electrons. The first-order valence-corrected chi connectivity index (χ1v) is 7.47. The average Bonchev–Trinajstić information content (AvgIpc) is 2.40. The van der Waals surface area contributed by atoms with E-state index in [4.69, 9.17) is 17.3 Å². The molecule has 1 fully saturated rings. The lowest BCUT2D eigenvalue weighted by Crippen LogP contribution is -2.51. The van der Waals surface area contributed by atoms with E-state index in [9.17, 15) is 0 Å². The fourth-order valence-corrected chi connectivity index (χ4v) is 3.17. The van der Waals surface area contributed by atoms with Gasteiger partial charge >= 0.3 is 0 Å². The predicted octanol–water partition coefficient (Wildman–Crippen LogP) is 2.37. The van der Waals surface area contributed by atoms with Crippen LogP contribution in [0.15, 0.2) is 18.2 Å². The van der Waals surface area contributed by atoms with Crippen LogP contribution in [0, 0.1) is 0 Å². The third kappa shape index (κ3) is 3.22. The second kappa shape index (κ2) is 6.60. The Hall–Kier alpha value is -0.770. The maximum absolute atomic E-state index is 6.43. The second-order valence-electron chi connectivity index (χ2n) is 5.27. The first-order chi connectivity index (χ1) is 9.17. The Morgan fingerprint density at radius 3 is 2.84 bits per heavy atom. The summed E-state index contributed by atoms with van der Waals surface area (Å²) in [7, 11) is 2.21. The zero-order valence-corrected chi connectivity index (χ0v) is 12.7. The van der Waals surface area contributed by atoms with Crippen molar-refractivity contribution in [3.05, 3.63) is 28.8 Å². The van der Waals surface area contributed by atoms with Crippen LogP contribution in [0.25, 0.3) is 0 Å². The van der Waals surface area contributed by atoms with E-state index in [0.717, 1.165) is 31.1 Å². The van der Waals surface area contributed by atoms with E-state index >= 15 is 0 Å². The molecule has 4 heteroatoms. The van der Waals surface area contributed by atoms with Gasteiger partial charge in [0.15, 0.2) is 0 Å². The van der Waals surface area contributed by atoms with Gasteiger partial charge in [-0.05, 0) is 38.1 Å². The van der Waals surface area contributed by atoms with Crippen molar-refractivity contribution in [1.82, 2.24) is 4.90 Å². The summed E-state index contributed by atoms with van der Waals surface area (Å²) in [6, 6.07) is 6.75. The van der Waals surface area contributed by atoms with E-state index in [0.29, 0.717) is 12.6 Å². The minimum absolute atomic E-state index is 0.607. The maximum Gasteiger partial charge on any atom is 0.0642 e. The van der Waals surface area contributed by atoms with Crippen LogP contribution >= 0.6 is 11.6 Å². The van der Waals surface area contributed by atoms with Crippen LogP contribution < -0.4 is 10.6 Å². The minimum Gasteiger partial charge on any atom is -0.367 e. The summed E-state index contributed by atoms with van der Waals surface area (Å²) in [5.41, 5.74) is 8.18. The number of piperazine rings is 1. The average molecular weight is 282 g/mol. The largest absolute Gasteiger partial charge is 0.367 e. The quantitative estimate of drug-likeness (QED) is 0.920. The van der Waals surface area contributed by atoms with Crippen molar-refractivity contribution in [3.8, 4) is 0 Å². The number of para-hydroxylation sites is 1. The molecule has 0 aliphatic carbocycles. The molecule has 0 spiro atoms. The third-order valence-corrected chi connectivity index (χ3v) is 4.35. The molecule has 1 unspecified atom stereocenters. The molecule has 2 N–H and O–H groups in total. The fraction of sp³-hybridized carbons (Fsp3) is 0.600. The highest BCUT2D eigenvalue weighted by atomic mass is 35.5. The van der Waals surface area contributed by atoms with Gasteiger partial charge in [-0.1, -0.05) is 30.7 Å². The van der Waals surface area contributed by atoms with Gasteiger partial charge in [0, 0.05) is 25.7 Å². The SMILES string of the molecule is CCC1CN(c2c(Cl)cccc2CCN)CCN1C. The number of nitrogens with two attached hydrogens (primary N) is 1. The number of rotatable bonds is 4. The molecule has 1 aliphatic heterocycles. The van der Waals surface area contributed by atoms with Crippen molar-refractivity contribution in [3.63, 3.8) is 0 Å². The molecular weight excluding hydrogens is 258 g/mol. The molecule has 1 atom stereocenters.